The minimum absolute atomic E-state index is 0.00917. The Hall–Kier alpha value is -1.08. The molecular formula is C11H12F3O3S-. The third kappa shape index (κ3) is 3.02. The highest BCUT2D eigenvalue weighted by atomic mass is 32.2. The van der Waals surface area contributed by atoms with E-state index in [1.54, 1.807) is 13.8 Å². The standard InChI is InChI=1S/C11H13F3O3S/c1-6(2)10-7(3)4-8(18(15,16)17)5-9(10)11(12,13)14/h4-6H,1-3H3,(H,15,16,17)/p-1. The Morgan fingerprint density at radius 1 is 1.22 bits per heavy atom. The van der Waals surface area contributed by atoms with E-state index in [0.717, 1.165) is 6.07 Å². The van der Waals surface area contributed by atoms with E-state index in [1.165, 1.54) is 6.92 Å². The van der Waals surface area contributed by atoms with Crippen LogP contribution in [0.25, 0.3) is 0 Å². The quantitative estimate of drug-likeness (QED) is 0.783. The van der Waals surface area contributed by atoms with Crippen molar-refractivity contribution in [2.75, 3.05) is 0 Å². The Morgan fingerprint density at radius 3 is 2.06 bits per heavy atom. The third-order valence-electron chi connectivity index (χ3n) is 2.53. The van der Waals surface area contributed by atoms with Crippen LogP contribution in [-0.4, -0.2) is 13.0 Å². The molecular weight excluding hydrogens is 269 g/mol. The van der Waals surface area contributed by atoms with Gasteiger partial charge in [-0.2, -0.15) is 13.2 Å². The van der Waals surface area contributed by atoms with Gasteiger partial charge in [-0.05, 0) is 36.1 Å². The average Bonchev–Trinajstić information content (AvgIpc) is 2.12. The molecule has 0 amide bonds. The van der Waals surface area contributed by atoms with E-state index in [0.29, 0.717) is 6.07 Å². The molecule has 18 heavy (non-hydrogen) atoms. The van der Waals surface area contributed by atoms with Crippen LogP contribution in [0.1, 0.15) is 36.5 Å². The Bertz CT molecular complexity index is 560. The molecule has 0 aliphatic carbocycles. The lowest BCUT2D eigenvalue weighted by atomic mass is 9.92. The van der Waals surface area contributed by atoms with E-state index >= 15 is 0 Å². The first kappa shape index (κ1) is 15.0. The van der Waals surface area contributed by atoms with Crippen LogP contribution >= 0.6 is 0 Å². The van der Waals surface area contributed by atoms with E-state index < -0.39 is 32.7 Å². The fourth-order valence-electron chi connectivity index (χ4n) is 1.91. The number of alkyl halides is 3. The van der Waals surface area contributed by atoms with Gasteiger partial charge in [-0.1, -0.05) is 13.8 Å². The molecule has 7 heteroatoms. The molecule has 3 nitrogen and oxygen atoms in total. The van der Waals surface area contributed by atoms with Crippen molar-refractivity contribution in [2.45, 2.75) is 37.8 Å². The molecule has 102 valence electrons. The van der Waals surface area contributed by atoms with Crippen LogP contribution in [0.3, 0.4) is 0 Å². The van der Waals surface area contributed by atoms with Gasteiger partial charge in [0.15, 0.2) is 0 Å². The highest BCUT2D eigenvalue weighted by molar-refractivity contribution is 7.85. The van der Waals surface area contributed by atoms with Gasteiger partial charge in [0.1, 0.15) is 10.1 Å². The fourth-order valence-corrected chi connectivity index (χ4v) is 2.49. The minimum atomic E-state index is -4.90. The zero-order chi connectivity index (χ0) is 14.3. The molecule has 1 aromatic carbocycles. The van der Waals surface area contributed by atoms with Gasteiger partial charge >= 0.3 is 6.18 Å². The predicted molar refractivity (Wildman–Crippen MR) is 58.2 cm³/mol. The topological polar surface area (TPSA) is 57.2 Å². The van der Waals surface area contributed by atoms with E-state index in [1.807, 2.05) is 0 Å². The van der Waals surface area contributed by atoms with Gasteiger partial charge < -0.3 is 4.55 Å². The lowest BCUT2D eigenvalue weighted by Gasteiger charge is -2.20. The van der Waals surface area contributed by atoms with Crippen molar-refractivity contribution < 1.29 is 26.1 Å². The van der Waals surface area contributed by atoms with Crippen LogP contribution in [0.2, 0.25) is 0 Å². The molecule has 1 aromatic rings. The molecule has 0 atom stereocenters. The first-order chi connectivity index (χ1) is 7.94. The second kappa shape index (κ2) is 4.55. The summed E-state index contributed by atoms with van der Waals surface area (Å²) in [6.07, 6.45) is -4.69. The zero-order valence-electron chi connectivity index (χ0n) is 10.00. The second-order valence-electron chi connectivity index (χ2n) is 4.31. The first-order valence-electron chi connectivity index (χ1n) is 5.12. The Balaban J connectivity index is 3.69. The molecule has 0 heterocycles. The van der Waals surface area contributed by atoms with E-state index in [-0.39, 0.29) is 11.1 Å². The third-order valence-corrected chi connectivity index (χ3v) is 3.34. The van der Waals surface area contributed by atoms with E-state index in [4.69, 9.17) is 0 Å². The summed E-state index contributed by atoms with van der Waals surface area (Å²) in [4.78, 5) is -0.850. The largest absolute Gasteiger partial charge is 0.744 e. The lowest BCUT2D eigenvalue weighted by Crippen LogP contribution is -2.14. The molecule has 0 saturated carbocycles. The Labute approximate surface area is 103 Å². The van der Waals surface area contributed by atoms with Crippen molar-refractivity contribution in [1.29, 1.82) is 0 Å². The number of halogens is 3. The minimum Gasteiger partial charge on any atom is -0.744 e. The summed E-state index contributed by atoms with van der Waals surface area (Å²) in [5, 5.41) is 0. The van der Waals surface area contributed by atoms with Crippen molar-refractivity contribution in [1.82, 2.24) is 0 Å². The van der Waals surface area contributed by atoms with Crippen LogP contribution in [-0.2, 0) is 16.3 Å². The molecule has 0 radical (unpaired) electrons. The number of benzene rings is 1. The molecule has 0 N–H and O–H groups in total. The summed E-state index contributed by atoms with van der Waals surface area (Å²) in [6.45, 7) is 4.51. The van der Waals surface area contributed by atoms with Crippen LogP contribution < -0.4 is 0 Å². The summed E-state index contributed by atoms with van der Waals surface area (Å²) in [7, 11) is -4.90. The fraction of sp³-hybridized carbons (Fsp3) is 0.455. The van der Waals surface area contributed by atoms with Gasteiger partial charge in [0, 0.05) is 0 Å². The summed E-state index contributed by atoms with van der Waals surface area (Å²) in [5.74, 6) is -0.426. The van der Waals surface area contributed by atoms with Crippen LogP contribution in [0.5, 0.6) is 0 Å². The Morgan fingerprint density at radius 2 is 1.72 bits per heavy atom. The van der Waals surface area contributed by atoms with Crippen molar-refractivity contribution >= 4 is 10.1 Å². The van der Waals surface area contributed by atoms with E-state index in [9.17, 15) is 26.1 Å². The van der Waals surface area contributed by atoms with Gasteiger partial charge in [0.2, 0.25) is 0 Å². The molecule has 0 bridgehead atoms. The van der Waals surface area contributed by atoms with E-state index in [2.05, 4.69) is 0 Å². The molecule has 1 rings (SSSR count). The monoisotopic (exact) mass is 281 g/mol. The molecule has 0 spiro atoms. The van der Waals surface area contributed by atoms with Gasteiger partial charge in [0.25, 0.3) is 0 Å². The van der Waals surface area contributed by atoms with Crippen LogP contribution in [0.4, 0.5) is 13.2 Å². The van der Waals surface area contributed by atoms with Gasteiger partial charge in [-0.3, -0.25) is 0 Å². The van der Waals surface area contributed by atoms with Crippen LogP contribution in [0.15, 0.2) is 17.0 Å². The second-order valence-corrected chi connectivity index (χ2v) is 5.69. The maximum Gasteiger partial charge on any atom is 0.416 e. The normalized spacial score (nSPS) is 13.1. The first-order valence-corrected chi connectivity index (χ1v) is 6.53. The lowest BCUT2D eigenvalue weighted by molar-refractivity contribution is -0.138. The smallest absolute Gasteiger partial charge is 0.416 e. The number of hydrogen-bond acceptors (Lipinski definition) is 3. The number of hydrogen-bond donors (Lipinski definition) is 0. The summed E-state index contributed by atoms with van der Waals surface area (Å²) in [6, 6.07) is 1.39. The van der Waals surface area contributed by atoms with Crippen molar-refractivity contribution in [3.8, 4) is 0 Å². The average molecular weight is 281 g/mol. The summed E-state index contributed by atoms with van der Waals surface area (Å²) < 4.78 is 71.0. The molecule has 0 aromatic heterocycles. The van der Waals surface area contributed by atoms with Gasteiger partial charge in [-0.25, -0.2) is 8.42 Å². The molecule has 0 aliphatic rings. The maximum atomic E-state index is 12.9. The van der Waals surface area contributed by atoms with Crippen molar-refractivity contribution in [2.24, 2.45) is 0 Å². The Kier molecular flexibility index (Phi) is 3.78. The highest BCUT2D eigenvalue weighted by Crippen LogP contribution is 2.38. The summed E-state index contributed by atoms with van der Waals surface area (Å²) >= 11 is 0. The molecule has 0 fully saturated rings. The number of aryl methyl sites for hydroxylation is 1. The summed E-state index contributed by atoms with van der Waals surface area (Å²) in [5.41, 5.74) is -0.906. The van der Waals surface area contributed by atoms with Gasteiger partial charge in [-0.15, -0.1) is 0 Å². The van der Waals surface area contributed by atoms with Crippen molar-refractivity contribution in [3.63, 3.8) is 0 Å². The van der Waals surface area contributed by atoms with Crippen LogP contribution in [0, 0.1) is 6.92 Å². The van der Waals surface area contributed by atoms with Gasteiger partial charge in [0.05, 0.1) is 10.5 Å². The molecule has 0 saturated heterocycles. The van der Waals surface area contributed by atoms with Crippen molar-refractivity contribution in [3.05, 3.63) is 28.8 Å². The SMILES string of the molecule is Cc1cc(S(=O)(=O)[O-])cc(C(F)(F)F)c1C(C)C. The zero-order valence-corrected chi connectivity index (χ0v) is 10.8. The highest BCUT2D eigenvalue weighted by Gasteiger charge is 2.35. The molecule has 0 unspecified atom stereocenters. The number of rotatable bonds is 2. The molecule has 0 aliphatic heterocycles. The maximum absolute atomic E-state index is 12.9. The predicted octanol–water partition coefficient (Wildman–Crippen LogP) is 3.04.